The maximum atomic E-state index is 12.4. The van der Waals surface area contributed by atoms with Crippen molar-refractivity contribution in [2.24, 2.45) is 0 Å². The largest absolute Gasteiger partial charge is 0.226 e. The zero-order valence-corrected chi connectivity index (χ0v) is 12.7. The van der Waals surface area contributed by atoms with E-state index < -0.39 is 33.2 Å². The first-order valence-corrected chi connectivity index (χ1v) is 8.36. The molecular weight excluding hydrogens is 260 g/mol. The fourth-order valence-corrected chi connectivity index (χ4v) is 6.95. The first-order chi connectivity index (χ1) is 7.21. The van der Waals surface area contributed by atoms with Crippen LogP contribution in [0.15, 0.2) is 12.2 Å². The van der Waals surface area contributed by atoms with Crippen molar-refractivity contribution >= 4 is 19.7 Å². The summed E-state index contributed by atoms with van der Waals surface area (Å²) in [6, 6.07) is 0. The second-order valence-electron chi connectivity index (χ2n) is 6.29. The molecule has 17 heavy (non-hydrogen) atoms. The number of rotatable bonds is 2. The van der Waals surface area contributed by atoms with Crippen LogP contribution in [-0.2, 0) is 19.7 Å². The second-order valence-corrected chi connectivity index (χ2v) is 12.4. The highest BCUT2D eigenvalue weighted by Crippen LogP contribution is 2.48. The minimum atomic E-state index is -3.80. The van der Waals surface area contributed by atoms with Gasteiger partial charge in [0, 0.05) is 0 Å². The molecular formula is C11H20O4S2. The van der Waals surface area contributed by atoms with Gasteiger partial charge in [-0.25, -0.2) is 16.8 Å². The van der Waals surface area contributed by atoms with Gasteiger partial charge in [0.1, 0.15) is 0 Å². The topological polar surface area (TPSA) is 68.3 Å². The summed E-state index contributed by atoms with van der Waals surface area (Å²) in [6.45, 7) is 9.10. The van der Waals surface area contributed by atoms with Crippen LogP contribution in [0.5, 0.6) is 0 Å². The standard InChI is InChI=1S/C11H20O4S2/c1-9(2,3)16(12,13)11(7-8-11)17(14,15)10(4,5)6/h7-8H,1-6H3. The lowest BCUT2D eigenvalue weighted by molar-refractivity contribution is 0.537. The third-order valence-electron chi connectivity index (χ3n) is 2.89. The molecule has 0 spiro atoms. The van der Waals surface area contributed by atoms with Crippen LogP contribution < -0.4 is 0 Å². The predicted octanol–water partition coefficient (Wildman–Crippen LogP) is 1.68. The van der Waals surface area contributed by atoms with Crippen LogP contribution in [-0.4, -0.2) is 30.4 Å². The van der Waals surface area contributed by atoms with Crippen LogP contribution in [0.3, 0.4) is 0 Å². The van der Waals surface area contributed by atoms with Gasteiger partial charge >= 0.3 is 0 Å². The molecule has 0 radical (unpaired) electrons. The molecule has 0 aromatic carbocycles. The number of hydrogen-bond donors (Lipinski definition) is 0. The van der Waals surface area contributed by atoms with Crippen molar-refractivity contribution in [3.63, 3.8) is 0 Å². The van der Waals surface area contributed by atoms with Gasteiger partial charge in [-0.3, -0.25) is 0 Å². The molecule has 0 heterocycles. The van der Waals surface area contributed by atoms with Gasteiger partial charge in [0.15, 0.2) is 19.7 Å². The summed E-state index contributed by atoms with van der Waals surface area (Å²) in [6.07, 6.45) is 2.54. The lowest BCUT2D eigenvalue weighted by Crippen LogP contribution is -2.50. The molecule has 4 nitrogen and oxygen atoms in total. The molecule has 1 aliphatic carbocycles. The maximum absolute atomic E-state index is 12.4. The summed E-state index contributed by atoms with van der Waals surface area (Å²) < 4.78 is 45.6. The van der Waals surface area contributed by atoms with Crippen LogP contribution in [0.4, 0.5) is 0 Å². The van der Waals surface area contributed by atoms with E-state index in [1.807, 2.05) is 0 Å². The van der Waals surface area contributed by atoms with Crippen LogP contribution in [0.2, 0.25) is 0 Å². The van der Waals surface area contributed by atoms with E-state index in [-0.39, 0.29) is 0 Å². The number of hydrogen-bond acceptors (Lipinski definition) is 4. The Kier molecular flexibility index (Phi) is 2.90. The minimum Gasteiger partial charge on any atom is -0.226 e. The fourth-order valence-electron chi connectivity index (χ4n) is 1.53. The van der Waals surface area contributed by atoms with E-state index in [9.17, 15) is 16.8 Å². The molecule has 1 rings (SSSR count). The van der Waals surface area contributed by atoms with E-state index >= 15 is 0 Å². The maximum Gasteiger partial charge on any atom is 0.210 e. The zero-order chi connectivity index (χ0) is 13.9. The Balaban J connectivity index is 3.46. The highest BCUT2D eigenvalue weighted by atomic mass is 32.3. The van der Waals surface area contributed by atoms with Gasteiger partial charge in [-0.15, -0.1) is 0 Å². The Hall–Kier alpha value is -0.360. The van der Waals surface area contributed by atoms with Crippen LogP contribution in [0.25, 0.3) is 0 Å². The average Bonchev–Trinajstić information content (AvgIpc) is 2.78. The summed E-state index contributed by atoms with van der Waals surface area (Å²) in [5, 5.41) is 0. The fraction of sp³-hybridized carbons (Fsp3) is 0.818. The molecule has 0 saturated heterocycles. The van der Waals surface area contributed by atoms with E-state index in [4.69, 9.17) is 0 Å². The summed E-state index contributed by atoms with van der Waals surface area (Å²) >= 11 is 0. The third-order valence-corrected chi connectivity index (χ3v) is 9.66. The van der Waals surface area contributed by atoms with Crippen LogP contribution in [0, 0.1) is 0 Å². The van der Waals surface area contributed by atoms with Gasteiger partial charge in [-0.05, 0) is 53.7 Å². The van der Waals surface area contributed by atoms with E-state index in [2.05, 4.69) is 0 Å². The van der Waals surface area contributed by atoms with E-state index in [1.54, 1.807) is 0 Å². The van der Waals surface area contributed by atoms with Crippen LogP contribution >= 0.6 is 0 Å². The van der Waals surface area contributed by atoms with Gasteiger partial charge in [-0.1, -0.05) is 0 Å². The summed E-state index contributed by atoms with van der Waals surface area (Å²) in [5.74, 6) is 0. The molecule has 0 amide bonds. The predicted molar refractivity (Wildman–Crippen MR) is 69.2 cm³/mol. The Labute approximate surface area is 104 Å². The smallest absolute Gasteiger partial charge is 0.210 e. The Morgan fingerprint density at radius 2 is 0.941 bits per heavy atom. The van der Waals surface area contributed by atoms with Crippen molar-refractivity contribution in [2.75, 3.05) is 0 Å². The summed E-state index contributed by atoms with van der Waals surface area (Å²) in [4.78, 5) is 0. The lowest BCUT2D eigenvalue weighted by Gasteiger charge is -2.31. The molecule has 0 bridgehead atoms. The highest BCUT2D eigenvalue weighted by Gasteiger charge is 2.64. The first kappa shape index (κ1) is 14.7. The monoisotopic (exact) mass is 280 g/mol. The molecule has 0 unspecified atom stereocenters. The average molecular weight is 280 g/mol. The van der Waals surface area contributed by atoms with Crippen LogP contribution in [0.1, 0.15) is 41.5 Å². The molecule has 0 aromatic rings. The van der Waals surface area contributed by atoms with Crippen molar-refractivity contribution in [2.45, 2.75) is 55.1 Å². The highest BCUT2D eigenvalue weighted by molar-refractivity contribution is 8.12. The Morgan fingerprint density at radius 3 is 1.06 bits per heavy atom. The number of sulfone groups is 2. The Bertz CT molecular complexity index is 500. The van der Waals surface area contributed by atoms with Gasteiger partial charge < -0.3 is 0 Å². The third kappa shape index (κ3) is 1.76. The quantitative estimate of drug-likeness (QED) is 0.722. The van der Waals surface area contributed by atoms with Gasteiger partial charge in [0.05, 0.1) is 9.49 Å². The van der Waals surface area contributed by atoms with Crippen molar-refractivity contribution in [1.29, 1.82) is 0 Å². The first-order valence-electron chi connectivity index (χ1n) is 5.39. The van der Waals surface area contributed by atoms with Crippen molar-refractivity contribution < 1.29 is 16.8 Å². The molecule has 0 fully saturated rings. The van der Waals surface area contributed by atoms with Gasteiger partial charge in [0.25, 0.3) is 0 Å². The molecule has 1 aliphatic rings. The molecule has 0 aliphatic heterocycles. The van der Waals surface area contributed by atoms with E-state index in [0.29, 0.717) is 0 Å². The van der Waals surface area contributed by atoms with Gasteiger partial charge in [0.2, 0.25) is 4.08 Å². The van der Waals surface area contributed by atoms with Crippen molar-refractivity contribution in [3.8, 4) is 0 Å². The Morgan fingerprint density at radius 1 is 0.706 bits per heavy atom. The second kappa shape index (κ2) is 3.35. The molecule has 0 atom stereocenters. The lowest BCUT2D eigenvalue weighted by atomic mass is 10.3. The molecule has 0 N–H and O–H groups in total. The van der Waals surface area contributed by atoms with E-state index in [0.717, 1.165) is 0 Å². The van der Waals surface area contributed by atoms with Crippen molar-refractivity contribution in [1.82, 2.24) is 0 Å². The summed E-state index contributed by atoms with van der Waals surface area (Å²) in [5.41, 5.74) is 0. The molecule has 6 heteroatoms. The molecule has 0 aromatic heterocycles. The zero-order valence-electron chi connectivity index (χ0n) is 11.1. The normalized spacial score (nSPS) is 20.4. The SMILES string of the molecule is CC(C)(C)S(=O)(=O)C1(S(=O)(=O)C(C)(C)C)C=C1. The van der Waals surface area contributed by atoms with E-state index in [1.165, 1.54) is 53.7 Å². The molecule has 0 saturated carbocycles. The summed E-state index contributed by atoms with van der Waals surface area (Å²) in [7, 11) is -7.61. The molecule has 100 valence electrons. The minimum absolute atomic E-state index is 1.10. The van der Waals surface area contributed by atoms with Gasteiger partial charge in [-0.2, -0.15) is 0 Å². The van der Waals surface area contributed by atoms with Crippen molar-refractivity contribution in [3.05, 3.63) is 12.2 Å².